The lowest BCUT2D eigenvalue weighted by atomic mass is 10.1. The van der Waals surface area contributed by atoms with Crippen molar-refractivity contribution in [2.75, 3.05) is 12.5 Å². The number of alkyl halides is 1. The van der Waals surface area contributed by atoms with E-state index in [0.717, 1.165) is 6.42 Å². The van der Waals surface area contributed by atoms with Gasteiger partial charge in [-0.3, -0.25) is 4.52 Å². The minimum absolute atomic E-state index is 0.0242. The molecule has 1 unspecified atom stereocenters. The van der Waals surface area contributed by atoms with E-state index in [9.17, 15) is 9.36 Å². The molecule has 0 fully saturated rings. The van der Waals surface area contributed by atoms with Crippen LogP contribution in [0.2, 0.25) is 0 Å². The highest BCUT2D eigenvalue weighted by Crippen LogP contribution is 2.38. The molecule has 0 aliphatic rings. The minimum Gasteiger partial charge on any atom is -0.462 e. The Balaban J connectivity index is 3.68. The number of phosphoric acid groups is 1. The Morgan fingerprint density at radius 1 is 1.35 bits per heavy atom. The summed E-state index contributed by atoms with van der Waals surface area (Å²) in [5, 5.41) is 0. The highest BCUT2D eigenvalue weighted by atomic mass is 35.5. The molecule has 0 spiro atoms. The summed E-state index contributed by atoms with van der Waals surface area (Å²) in [5.74, 6) is -0.355. The van der Waals surface area contributed by atoms with E-state index < -0.39 is 13.9 Å². The van der Waals surface area contributed by atoms with Crippen LogP contribution in [0.15, 0.2) is 12.2 Å². The van der Waals surface area contributed by atoms with Gasteiger partial charge in [-0.1, -0.05) is 19.9 Å². The van der Waals surface area contributed by atoms with Crippen LogP contribution in [0.25, 0.3) is 0 Å². The SMILES string of the molecule is C=C(CC)C(=O)OCCCCCC(CCl)OP(=O)(O)O. The quantitative estimate of drug-likeness (QED) is 0.199. The molecule has 0 heterocycles. The van der Waals surface area contributed by atoms with E-state index in [-0.39, 0.29) is 11.8 Å². The molecule has 0 saturated carbocycles. The smallest absolute Gasteiger partial charge is 0.462 e. The van der Waals surface area contributed by atoms with Gasteiger partial charge in [-0.05, 0) is 25.7 Å². The first-order valence-corrected chi connectivity index (χ1v) is 8.51. The van der Waals surface area contributed by atoms with E-state index in [1.165, 1.54) is 0 Å². The maximum atomic E-state index is 11.3. The third-order valence-electron chi connectivity index (χ3n) is 2.58. The first kappa shape index (κ1) is 19.6. The van der Waals surface area contributed by atoms with Gasteiger partial charge in [0.1, 0.15) is 0 Å². The molecule has 8 heteroatoms. The van der Waals surface area contributed by atoms with E-state index in [1.54, 1.807) is 0 Å². The highest BCUT2D eigenvalue weighted by molar-refractivity contribution is 7.46. The third kappa shape index (κ3) is 10.4. The maximum absolute atomic E-state index is 11.3. The number of rotatable bonds is 11. The van der Waals surface area contributed by atoms with Crippen molar-refractivity contribution in [3.05, 3.63) is 12.2 Å². The Kier molecular flexibility index (Phi) is 10.2. The summed E-state index contributed by atoms with van der Waals surface area (Å²) in [4.78, 5) is 28.6. The van der Waals surface area contributed by atoms with Crippen molar-refractivity contribution in [3.63, 3.8) is 0 Å². The van der Waals surface area contributed by atoms with Crippen LogP contribution < -0.4 is 0 Å². The molecule has 0 aliphatic heterocycles. The number of carbonyl (C=O) groups is 1. The van der Waals surface area contributed by atoms with Crippen LogP contribution in [-0.4, -0.2) is 34.3 Å². The average molecular weight is 329 g/mol. The van der Waals surface area contributed by atoms with Crippen molar-refractivity contribution in [2.45, 2.75) is 45.1 Å². The number of unbranched alkanes of at least 4 members (excludes halogenated alkanes) is 2. The Bertz CT molecular complexity index is 354. The summed E-state index contributed by atoms with van der Waals surface area (Å²) in [6.07, 6.45) is 2.46. The first-order chi connectivity index (χ1) is 9.30. The van der Waals surface area contributed by atoms with Crippen LogP contribution in [0.5, 0.6) is 0 Å². The molecule has 118 valence electrons. The molecule has 0 radical (unpaired) electrons. The van der Waals surface area contributed by atoms with Crippen molar-refractivity contribution in [2.24, 2.45) is 0 Å². The molecule has 0 saturated heterocycles. The predicted molar refractivity (Wildman–Crippen MR) is 76.5 cm³/mol. The standard InChI is InChI=1S/C12H22ClO6P/c1-3-10(2)12(14)18-8-6-4-5-7-11(9-13)19-20(15,16)17/h11H,2-9H2,1H3,(H2,15,16,17). The van der Waals surface area contributed by atoms with Crippen LogP contribution in [0.1, 0.15) is 39.0 Å². The largest absolute Gasteiger partial charge is 0.469 e. The second-order valence-corrected chi connectivity index (χ2v) is 5.82. The molecule has 0 rings (SSSR count). The van der Waals surface area contributed by atoms with Crippen molar-refractivity contribution < 1.29 is 28.4 Å². The van der Waals surface area contributed by atoms with Crippen LogP contribution in [0, 0.1) is 0 Å². The fraction of sp³-hybridized carbons (Fsp3) is 0.750. The van der Waals surface area contributed by atoms with E-state index in [2.05, 4.69) is 11.1 Å². The van der Waals surface area contributed by atoms with Crippen molar-refractivity contribution in [1.29, 1.82) is 0 Å². The summed E-state index contributed by atoms with van der Waals surface area (Å²) < 4.78 is 20.2. The second-order valence-electron chi connectivity index (χ2n) is 4.31. The van der Waals surface area contributed by atoms with E-state index >= 15 is 0 Å². The fourth-order valence-electron chi connectivity index (χ4n) is 1.41. The molecule has 0 amide bonds. The molecule has 20 heavy (non-hydrogen) atoms. The normalized spacial score (nSPS) is 13.0. The molecule has 0 aromatic rings. The number of carbonyl (C=O) groups excluding carboxylic acids is 1. The van der Waals surface area contributed by atoms with Crippen LogP contribution in [0.4, 0.5) is 0 Å². The van der Waals surface area contributed by atoms with Crippen LogP contribution in [-0.2, 0) is 18.6 Å². The fourth-order valence-corrected chi connectivity index (χ4v) is 2.29. The number of esters is 1. The zero-order chi connectivity index (χ0) is 15.6. The monoisotopic (exact) mass is 328 g/mol. The molecular weight excluding hydrogens is 307 g/mol. The van der Waals surface area contributed by atoms with Crippen LogP contribution in [0.3, 0.4) is 0 Å². The van der Waals surface area contributed by atoms with Gasteiger partial charge in [-0.15, -0.1) is 11.6 Å². The van der Waals surface area contributed by atoms with E-state index in [0.29, 0.717) is 37.9 Å². The summed E-state index contributed by atoms with van der Waals surface area (Å²) in [5.41, 5.74) is 0.447. The van der Waals surface area contributed by atoms with Gasteiger partial charge in [0.05, 0.1) is 12.7 Å². The predicted octanol–water partition coefficient (Wildman–Crippen LogP) is 2.77. The lowest BCUT2D eigenvalue weighted by Gasteiger charge is -2.15. The van der Waals surface area contributed by atoms with Gasteiger partial charge in [-0.2, -0.15) is 0 Å². The molecule has 1 atom stereocenters. The zero-order valence-corrected chi connectivity index (χ0v) is 13.2. The number of halogens is 1. The Morgan fingerprint density at radius 3 is 2.50 bits per heavy atom. The Morgan fingerprint density at radius 2 is 2.00 bits per heavy atom. The third-order valence-corrected chi connectivity index (χ3v) is 3.49. The van der Waals surface area contributed by atoms with Gasteiger partial charge >= 0.3 is 13.8 Å². The van der Waals surface area contributed by atoms with Crippen LogP contribution >= 0.6 is 19.4 Å². The van der Waals surface area contributed by atoms with E-state index in [4.69, 9.17) is 26.1 Å². The lowest BCUT2D eigenvalue weighted by molar-refractivity contribution is -0.139. The molecule has 2 N–H and O–H groups in total. The van der Waals surface area contributed by atoms with Gasteiger partial charge in [0.15, 0.2) is 0 Å². The first-order valence-electron chi connectivity index (χ1n) is 6.45. The number of hydrogen-bond donors (Lipinski definition) is 2. The molecule has 0 aliphatic carbocycles. The molecule has 0 aromatic heterocycles. The minimum atomic E-state index is -4.49. The summed E-state index contributed by atoms with van der Waals surface area (Å²) in [6.45, 7) is 5.72. The molecule has 6 nitrogen and oxygen atoms in total. The van der Waals surface area contributed by atoms with Crippen molar-refractivity contribution in [3.8, 4) is 0 Å². The van der Waals surface area contributed by atoms with Gasteiger partial charge in [0.2, 0.25) is 0 Å². The van der Waals surface area contributed by atoms with Gasteiger partial charge in [-0.25, -0.2) is 9.36 Å². The molecular formula is C12H22ClO6P. The lowest BCUT2D eigenvalue weighted by Crippen LogP contribution is -2.13. The van der Waals surface area contributed by atoms with Gasteiger partial charge in [0.25, 0.3) is 0 Å². The average Bonchev–Trinajstić information content (AvgIpc) is 2.38. The zero-order valence-electron chi connectivity index (χ0n) is 11.6. The Labute approximate surface area is 124 Å². The van der Waals surface area contributed by atoms with E-state index in [1.807, 2.05) is 6.92 Å². The second kappa shape index (κ2) is 10.4. The summed E-state index contributed by atoms with van der Waals surface area (Å²) in [7, 11) is -4.49. The maximum Gasteiger partial charge on any atom is 0.469 e. The Hall–Kier alpha value is -0.390. The number of ether oxygens (including phenoxy) is 1. The molecule has 0 bridgehead atoms. The number of hydrogen-bond acceptors (Lipinski definition) is 4. The summed E-state index contributed by atoms with van der Waals surface area (Å²) >= 11 is 5.56. The highest BCUT2D eigenvalue weighted by Gasteiger charge is 2.21. The summed E-state index contributed by atoms with van der Waals surface area (Å²) in [6, 6.07) is 0. The molecule has 0 aromatic carbocycles. The number of phosphoric ester groups is 1. The van der Waals surface area contributed by atoms with Crippen molar-refractivity contribution >= 4 is 25.4 Å². The van der Waals surface area contributed by atoms with Gasteiger partial charge < -0.3 is 14.5 Å². The van der Waals surface area contributed by atoms with Gasteiger partial charge in [0, 0.05) is 11.5 Å². The topological polar surface area (TPSA) is 93.1 Å². The van der Waals surface area contributed by atoms with Crippen molar-refractivity contribution in [1.82, 2.24) is 0 Å².